The Morgan fingerprint density at radius 2 is 1.80 bits per heavy atom. The van der Waals surface area contributed by atoms with Gasteiger partial charge in [0.25, 0.3) is 0 Å². The molecule has 0 aliphatic rings. The summed E-state index contributed by atoms with van der Waals surface area (Å²) in [6.07, 6.45) is 1.30. The fraction of sp³-hybridized carbons (Fsp3) is 1.00. The summed E-state index contributed by atoms with van der Waals surface area (Å²) in [5.41, 5.74) is 0.482. The number of hydrogen-bond acceptors (Lipinski definition) is 1. The monoisotopic (exact) mass is 143 g/mol. The minimum absolute atomic E-state index is 0.482. The van der Waals surface area contributed by atoms with Gasteiger partial charge in [-0.15, -0.1) is 0 Å². The summed E-state index contributed by atoms with van der Waals surface area (Å²) in [6.45, 7) is 10.3. The maximum Gasteiger partial charge on any atom is -0.00260 e. The lowest BCUT2D eigenvalue weighted by Crippen LogP contribution is -2.21. The first-order valence-electron chi connectivity index (χ1n) is 4.10. The van der Waals surface area contributed by atoms with Crippen LogP contribution in [0.1, 0.15) is 34.1 Å². The van der Waals surface area contributed by atoms with E-state index in [1.54, 1.807) is 0 Å². The quantitative estimate of drug-likeness (QED) is 0.639. The lowest BCUT2D eigenvalue weighted by Gasteiger charge is -2.22. The number of hydrogen-bond donors (Lipinski definition) is 1. The highest BCUT2D eigenvalue weighted by molar-refractivity contribution is 4.66. The van der Waals surface area contributed by atoms with Gasteiger partial charge in [-0.25, -0.2) is 0 Å². The molecule has 1 atom stereocenters. The summed E-state index contributed by atoms with van der Waals surface area (Å²) < 4.78 is 0. The van der Waals surface area contributed by atoms with Crippen molar-refractivity contribution in [3.05, 3.63) is 0 Å². The Bertz CT molecular complexity index is 81.2. The summed E-state index contributed by atoms with van der Waals surface area (Å²) >= 11 is 0. The zero-order chi connectivity index (χ0) is 8.20. The molecule has 1 heteroatoms. The van der Waals surface area contributed by atoms with Gasteiger partial charge >= 0.3 is 0 Å². The van der Waals surface area contributed by atoms with E-state index in [-0.39, 0.29) is 0 Å². The second-order valence-corrected chi connectivity index (χ2v) is 4.43. The topological polar surface area (TPSA) is 12.0 Å². The fourth-order valence-electron chi connectivity index (χ4n) is 1.47. The van der Waals surface area contributed by atoms with Crippen LogP contribution in [0.2, 0.25) is 0 Å². The number of rotatable bonds is 3. The first kappa shape index (κ1) is 9.96. The van der Waals surface area contributed by atoms with Gasteiger partial charge in [0.2, 0.25) is 0 Å². The normalized spacial score (nSPS) is 15.3. The van der Waals surface area contributed by atoms with E-state index in [0.29, 0.717) is 5.41 Å². The van der Waals surface area contributed by atoms with Gasteiger partial charge in [0.05, 0.1) is 0 Å². The van der Waals surface area contributed by atoms with Crippen LogP contribution in [0.25, 0.3) is 0 Å². The molecule has 0 amide bonds. The van der Waals surface area contributed by atoms with E-state index in [2.05, 4.69) is 33.0 Å². The molecule has 62 valence electrons. The van der Waals surface area contributed by atoms with Crippen LogP contribution in [-0.4, -0.2) is 13.6 Å². The molecular weight excluding hydrogens is 122 g/mol. The summed E-state index contributed by atoms with van der Waals surface area (Å²) in [7, 11) is 2.01. The third-order valence-corrected chi connectivity index (χ3v) is 1.51. The van der Waals surface area contributed by atoms with Crippen LogP contribution in [0.15, 0.2) is 0 Å². The van der Waals surface area contributed by atoms with E-state index in [4.69, 9.17) is 0 Å². The fourth-order valence-corrected chi connectivity index (χ4v) is 1.47. The molecule has 0 aromatic heterocycles. The van der Waals surface area contributed by atoms with E-state index in [9.17, 15) is 0 Å². The Hall–Kier alpha value is -0.0400. The summed E-state index contributed by atoms with van der Waals surface area (Å²) in [6, 6.07) is 0. The molecule has 0 saturated carbocycles. The molecule has 0 aliphatic heterocycles. The standard InChI is InChI=1S/C9H21N/c1-8(7-10-5)6-9(2,3)4/h8,10H,6-7H2,1-5H3/t8-/m0/s1. The van der Waals surface area contributed by atoms with Crippen molar-refractivity contribution in [2.75, 3.05) is 13.6 Å². The van der Waals surface area contributed by atoms with Gasteiger partial charge in [0.1, 0.15) is 0 Å². The van der Waals surface area contributed by atoms with Gasteiger partial charge in [-0.05, 0) is 31.3 Å². The molecule has 0 radical (unpaired) electrons. The van der Waals surface area contributed by atoms with Gasteiger partial charge in [-0.2, -0.15) is 0 Å². The van der Waals surface area contributed by atoms with Crippen LogP contribution < -0.4 is 5.32 Å². The molecule has 0 spiro atoms. The van der Waals surface area contributed by atoms with Crippen molar-refractivity contribution in [3.8, 4) is 0 Å². The smallest absolute Gasteiger partial charge is 0.00260 e. The Kier molecular flexibility index (Phi) is 3.95. The molecular formula is C9H21N. The molecule has 0 rings (SSSR count). The largest absolute Gasteiger partial charge is 0.319 e. The van der Waals surface area contributed by atoms with Crippen LogP contribution >= 0.6 is 0 Å². The molecule has 0 unspecified atom stereocenters. The predicted octanol–water partition coefficient (Wildman–Crippen LogP) is 2.28. The third kappa shape index (κ3) is 6.09. The Labute approximate surface area is 65.2 Å². The van der Waals surface area contributed by atoms with Crippen LogP contribution in [0, 0.1) is 11.3 Å². The average molecular weight is 143 g/mol. The molecule has 1 nitrogen and oxygen atoms in total. The van der Waals surface area contributed by atoms with Crippen molar-refractivity contribution in [2.45, 2.75) is 34.1 Å². The van der Waals surface area contributed by atoms with Crippen molar-refractivity contribution >= 4 is 0 Å². The highest BCUT2D eigenvalue weighted by atomic mass is 14.8. The maximum atomic E-state index is 3.19. The van der Waals surface area contributed by atoms with E-state index in [1.807, 2.05) is 7.05 Å². The van der Waals surface area contributed by atoms with E-state index in [1.165, 1.54) is 6.42 Å². The summed E-state index contributed by atoms with van der Waals surface area (Å²) in [4.78, 5) is 0. The molecule has 0 fully saturated rings. The molecule has 1 N–H and O–H groups in total. The molecule has 10 heavy (non-hydrogen) atoms. The van der Waals surface area contributed by atoms with Crippen molar-refractivity contribution in [2.24, 2.45) is 11.3 Å². The van der Waals surface area contributed by atoms with Crippen LogP contribution in [0.5, 0.6) is 0 Å². The predicted molar refractivity (Wildman–Crippen MR) is 47.2 cm³/mol. The van der Waals surface area contributed by atoms with Crippen molar-refractivity contribution in [1.29, 1.82) is 0 Å². The Morgan fingerprint density at radius 3 is 2.10 bits per heavy atom. The number of nitrogens with one attached hydrogen (secondary N) is 1. The maximum absolute atomic E-state index is 3.19. The highest BCUT2D eigenvalue weighted by Gasteiger charge is 2.13. The summed E-state index contributed by atoms with van der Waals surface area (Å²) in [5.74, 6) is 0.796. The zero-order valence-corrected chi connectivity index (χ0v) is 7.99. The van der Waals surface area contributed by atoms with Crippen molar-refractivity contribution in [1.82, 2.24) is 5.32 Å². The minimum atomic E-state index is 0.482. The Morgan fingerprint density at radius 1 is 1.30 bits per heavy atom. The van der Waals surface area contributed by atoms with Crippen LogP contribution in [0.3, 0.4) is 0 Å². The second-order valence-electron chi connectivity index (χ2n) is 4.43. The average Bonchev–Trinajstić information content (AvgIpc) is 1.59. The van der Waals surface area contributed by atoms with Gasteiger partial charge in [-0.3, -0.25) is 0 Å². The zero-order valence-electron chi connectivity index (χ0n) is 7.99. The van der Waals surface area contributed by atoms with E-state index >= 15 is 0 Å². The molecule has 0 bridgehead atoms. The van der Waals surface area contributed by atoms with Gasteiger partial charge < -0.3 is 5.32 Å². The minimum Gasteiger partial charge on any atom is -0.319 e. The lowest BCUT2D eigenvalue weighted by atomic mass is 9.85. The first-order valence-corrected chi connectivity index (χ1v) is 4.10. The third-order valence-electron chi connectivity index (χ3n) is 1.51. The second kappa shape index (κ2) is 3.97. The highest BCUT2D eigenvalue weighted by Crippen LogP contribution is 2.23. The molecule has 0 aromatic rings. The van der Waals surface area contributed by atoms with Gasteiger partial charge in [0, 0.05) is 0 Å². The first-order chi connectivity index (χ1) is 4.45. The lowest BCUT2D eigenvalue weighted by molar-refractivity contribution is 0.303. The SMILES string of the molecule is CNC[C@@H](C)CC(C)(C)C. The molecule has 0 saturated heterocycles. The van der Waals surface area contributed by atoms with E-state index < -0.39 is 0 Å². The molecule has 0 aliphatic carbocycles. The van der Waals surface area contributed by atoms with Gasteiger partial charge in [-0.1, -0.05) is 27.7 Å². The molecule has 0 heterocycles. The van der Waals surface area contributed by atoms with Crippen molar-refractivity contribution in [3.63, 3.8) is 0 Å². The van der Waals surface area contributed by atoms with E-state index in [0.717, 1.165) is 12.5 Å². The van der Waals surface area contributed by atoms with Gasteiger partial charge in [0.15, 0.2) is 0 Å². The van der Waals surface area contributed by atoms with Crippen LogP contribution in [-0.2, 0) is 0 Å². The molecule has 0 aromatic carbocycles. The van der Waals surface area contributed by atoms with Crippen LogP contribution in [0.4, 0.5) is 0 Å². The summed E-state index contributed by atoms with van der Waals surface area (Å²) in [5, 5.41) is 3.19. The van der Waals surface area contributed by atoms with Crippen molar-refractivity contribution < 1.29 is 0 Å². The Balaban J connectivity index is 3.47.